The van der Waals surface area contributed by atoms with Gasteiger partial charge in [-0.05, 0) is 35.9 Å². The summed E-state index contributed by atoms with van der Waals surface area (Å²) in [6.07, 6.45) is 0. The molecule has 1 heterocycles. The molecule has 0 aliphatic carbocycles. The average Bonchev–Trinajstić information content (AvgIpc) is 2.66. The van der Waals surface area contributed by atoms with Crippen LogP contribution in [0.5, 0.6) is 0 Å². The van der Waals surface area contributed by atoms with E-state index in [9.17, 15) is 4.79 Å². The van der Waals surface area contributed by atoms with Crippen LogP contribution in [0, 0.1) is 0 Å². The third-order valence-electron chi connectivity index (χ3n) is 4.20. The monoisotopic (exact) mass is 380 g/mol. The molecule has 0 unspecified atom stereocenters. The highest BCUT2D eigenvalue weighted by Gasteiger charge is 2.13. The summed E-state index contributed by atoms with van der Waals surface area (Å²) >= 11 is 12.1. The first-order chi connectivity index (χ1) is 12.6. The summed E-state index contributed by atoms with van der Waals surface area (Å²) in [6, 6.07) is 22.3. The summed E-state index contributed by atoms with van der Waals surface area (Å²) in [7, 11) is 0. The number of halogens is 2. The van der Waals surface area contributed by atoms with Crippen LogP contribution in [0.15, 0.2) is 77.6 Å². The minimum atomic E-state index is -0.119. The molecule has 0 atom stereocenters. The number of fused-ring (bicyclic) bond motifs is 1. The van der Waals surface area contributed by atoms with Gasteiger partial charge in [0, 0.05) is 15.6 Å². The zero-order valence-electron chi connectivity index (χ0n) is 13.7. The third-order valence-corrected chi connectivity index (χ3v) is 4.69. The number of nitrogens with zero attached hydrogens (tertiary/aromatic N) is 2. The van der Waals surface area contributed by atoms with Crippen LogP contribution in [-0.4, -0.2) is 9.55 Å². The molecule has 4 rings (SSSR count). The highest BCUT2D eigenvalue weighted by atomic mass is 35.5. The molecule has 3 aromatic carbocycles. The molecular formula is C21H14Cl2N2O. The van der Waals surface area contributed by atoms with Gasteiger partial charge in [-0.1, -0.05) is 65.7 Å². The molecule has 0 N–H and O–H groups in total. The van der Waals surface area contributed by atoms with Gasteiger partial charge in [0.2, 0.25) is 0 Å². The predicted molar refractivity (Wildman–Crippen MR) is 107 cm³/mol. The molecule has 0 aliphatic heterocycles. The summed E-state index contributed by atoms with van der Waals surface area (Å²) < 4.78 is 1.68. The minimum absolute atomic E-state index is 0.119. The van der Waals surface area contributed by atoms with Crippen LogP contribution in [0.1, 0.15) is 5.56 Å². The SMILES string of the molecule is O=c1c2cc(Cl)ccc2nc(-c2ccccc2)n1Cc1ccc(Cl)cc1. The van der Waals surface area contributed by atoms with Gasteiger partial charge in [-0.25, -0.2) is 4.98 Å². The van der Waals surface area contributed by atoms with Crippen molar-refractivity contribution >= 4 is 34.1 Å². The van der Waals surface area contributed by atoms with Crippen molar-refractivity contribution < 1.29 is 0 Å². The molecule has 0 amide bonds. The van der Waals surface area contributed by atoms with Gasteiger partial charge in [-0.3, -0.25) is 9.36 Å². The van der Waals surface area contributed by atoms with E-state index in [1.165, 1.54) is 0 Å². The van der Waals surface area contributed by atoms with Gasteiger partial charge in [0.15, 0.2) is 0 Å². The number of rotatable bonds is 3. The molecule has 0 spiro atoms. The van der Waals surface area contributed by atoms with Gasteiger partial charge in [0.1, 0.15) is 5.82 Å². The quantitative estimate of drug-likeness (QED) is 0.475. The zero-order valence-corrected chi connectivity index (χ0v) is 15.2. The summed E-state index contributed by atoms with van der Waals surface area (Å²) in [5.41, 5.74) is 2.36. The van der Waals surface area contributed by atoms with Crippen molar-refractivity contribution in [1.29, 1.82) is 0 Å². The van der Waals surface area contributed by atoms with Crippen molar-refractivity contribution in [2.24, 2.45) is 0 Å². The van der Waals surface area contributed by atoms with E-state index in [4.69, 9.17) is 28.2 Å². The Morgan fingerprint density at radius 3 is 2.27 bits per heavy atom. The van der Waals surface area contributed by atoms with E-state index in [0.29, 0.717) is 33.3 Å². The van der Waals surface area contributed by atoms with E-state index >= 15 is 0 Å². The Morgan fingerprint density at radius 2 is 1.54 bits per heavy atom. The molecule has 4 aromatic rings. The van der Waals surface area contributed by atoms with E-state index in [1.807, 2.05) is 54.6 Å². The van der Waals surface area contributed by atoms with E-state index in [-0.39, 0.29) is 5.56 Å². The standard InChI is InChI=1S/C21H14Cl2N2O/c22-16-8-6-14(7-9-16)13-25-20(15-4-2-1-3-5-15)24-19-11-10-17(23)12-18(19)21(25)26/h1-12H,13H2. The Labute approximate surface area is 160 Å². The first-order valence-electron chi connectivity index (χ1n) is 8.12. The van der Waals surface area contributed by atoms with Gasteiger partial charge in [0.05, 0.1) is 17.4 Å². The molecule has 26 heavy (non-hydrogen) atoms. The fourth-order valence-electron chi connectivity index (χ4n) is 2.92. The van der Waals surface area contributed by atoms with E-state index in [1.54, 1.807) is 22.8 Å². The first-order valence-corrected chi connectivity index (χ1v) is 8.87. The summed E-state index contributed by atoms with van der Waals surface area (Å²) in [5, 5.41) is 1.68. The van der Waals surface area contributed by atoms with Crippen LogP contribution < -0.4 is 5.56 Å². The summed E-state index contributed by atoms with van der Waals surface area (Å²) in [6.45, 7) is 0.398. The predicted octanol–water partition coefficient (Wildman–Crippen LogP) is 5.42. The van der Waals surface area contributed by atoms with Crippen LogP contribution >= 0.6 is 23.2 Å². The smallest absolute Gasteiger partial charge is 0.262 e. The minimum Gasteiger partial charge on any atom is -0.288 e. The van der Waals surface area contributed by atoms with E-state index in [2.05, 4.69) is 0 Å². The molecule has 0 saturated heterocycles. The molecule has 0 aliphatic rings. The summed E-state index contributed by atoms with van der Waals surface area (Å²) in [4.78, 5) is 17.9. The Morgan fingerprint density at radius 1 is 0.846 bits per heavy atom. The average molecular weight is 381 g/mol. The Bertz CT molecular complexity index is 1140. The first kappa shape index (κ1) is 16.8. The number of benzene rings is 3. The fourth-order valence-corrected chi connectivity index (χ4v) is 3.22. The Balaban J connectivity index is 1.96. The second-order valence-electron chi connectivity index (χ2n) is 5.98. The molecule has 5 heteroatoms. The van der Waals surface area contributed by atoms with E-state index < -0.39 is 0 Å². The van der Waals surface area contributed by atoms with Gasteiger partial charge < -0.3 is 0 Å². The van der Waals surface area contributed by atoms with Gasteiger partial charge in [-0.15, -0.1) is 0 Å². The van der Waals surface area contributed by atoms with Crippen LogP contribution in [0.4, 0.5) is 0 Å². The van der Waals surface area contributed by atoms with Crippen LogP contribution in [-0.2, 0) is 6.54 Å². The Hall–Kier alpha value is -2.62. The number of aromatic nitrogens is 2. The second kappa shape index (κ2) is 6.94. The molecule has 0 bridgehead atoms. The van der Waals surface area contributed by atoms with Crippen molar-refractivity contribution in [3.63, 3.8) is 0 Å². The highest BCUT2D eigenvalue weighted by molar-refractivity contribution is 6.31. The lowest BCUT2D eigenvalue weighted by atomic mass is 10.1. The van der Waals surface area contributed by atoms with Crippen molar-refractivity contribution in [3.05, 3.63) is 98.8 Å². The summed E-state index contributed by atoms with van der Waals surface area (Å²) in [5.74, 6) is 0.625. The maximum absolute atomic E-state index is 13.2. The van der Waals surface area contributed by atoms with Gasteiger partial charge in [0.25, 0.3) is 5.56 Å². The fraction of sp³-hybridized carbons (Fsp3) is 0.0476. The lowest BCUT2D eigenvalue weighted by Gasteiger charge is -2.14. The molecular weight excluding hydrogens is 367 g/mol. The van der Waals surface area contributed by atoms with Gasteiger partial charge >= 0.3 is 0 Å². The molecule has 0 radical (unpaired) electrons. The normalized spacial score (nSPS) is 11.0. The molecule has 3 nitrogen and oxygen atoms in total. The molecule has 0 fully saturated rings. The third kappa shape index (κ3) is 3.24. The highest BCUT2D eigenvalue weighted by Crippen LogP contribution is 2.22. The Kier molecular flexibility index (Phi) is 4.49. The van der Waals surface area contributed by atoms with Crippen LogP contribution in [0.25, 0.3) is 22.3 Å². The van der Waals surface area contributed by atoms with Crippen molar-refractivity contribution in [1.82, 2.24) is 9.55 Å². The molecule has 128 valence electrons. The van der Waals surface area contributed by atoms with E-state index in [0.717, 1.165) is 11.1 Å². The molecule has 1 aromatic heterocycles. The number of hydrogen-bond donors (Lipinski definition) is 0. The largest absolute Gasteiger partial charge is 0.288 e. The molecule has 0 saturated carbocycles. The van der Waals surface area contributed by atoms with Gasteiger partial charge in [-0.2, -0.15) is 0 Å². The van der Waals surface area contributed by atoms with Crippen LogP contribution in [0.3, 0.4) is 0 Å². The number of hydrogen-bond acceptors (Lipinski definition) is 2. The maximum Gasteiger partial charge on any atom is 0.262 e. The lowest BCUT2D eigenvalue weighted by Crippen LogP contribution is -2.24. The van der Waals surface area contributed by atoms with Crippen molar-refractivity contribution in [2.75, 3.05) is 0 Å². The van der Waals surface area contributed by atoms with Crippen molar-refractivity contribution in [2.45, 2.75) is 6.54 Å². The topological polar surface area (TPSA) is 34.9 Å². The maximum atomic E-state index is 13.2. The second-order valence-corrected chi connectivity index (χ2v) is 6.85. The van der Waals surface area contributed by atoms with Crippen LogP contribution in [0.2, 0.25) is 10.0 Å². The zero-order chi connectivity index (χ0) is 18.1. The lowest BCUT2D eigenvalue weighted by molar-refractivity contribution is 0.759. The van der Waals surface area contributed by atoms with Crippen molar-refractivity contribution in [3.8, 4) is 11.4 Å².